The van der Waals surface area contributed by atoms with Crippen molar-refractivity contribution >= 4 is 43.9 Å². The van der Waals surface area contributed by atoms with Crippen LogP contribution in [-0.2, 0) is 4.79 Å². The van der Waals surface area contributed by atoms with Crippen LogP contribution < -0.4 is 5.73 Å². The first-order chi connectivity index (χ1) is 10.4. The minimum absolute atomic E-state index is 0.0590. The van der Waals surface area contributed by atoms with E-state index >= 15 is 0 Å². The highest BCUT2D eigenvalue weighted by Gasteiger charge is 2.31. The Bertz CT molecular complexity index is 677. The zero-order valence-electron chi connectivity index (χ0n) is 12.7. The number of carbonyl (C=O) groups excluding carboxylic acids is 2. The lowest BCUT2D eigenvalue weighted by Crippen LogP contribution is -2.57. The largest absolute Gasteiger partial charge is 0.338 e. The molecule has 3 heterocycles. The van der Waals surface area contributed by atoms with E-state index in [9.17, 15) is 9.59 Å². The van der Waals surface area contributed by atoms with Crippen LogP contribution in [0.5, 0.6) is 0 Å². The fraction of sp³-hybridized carbons (Fsp3) is 0.467. The van der Waals surface area contributed by atoms with Gasteiger partial charge in [0, 0.05) is 35.6 Å². The van der Waals surface area contributed by atoms with E-state index in [0.29, 0.717) is 26.2 Å². The second kappa shape index (κ2) is 5.64. The summed E-state index contributed by atoms with van der Waals surface area (Å²) in [6.07, 6.45) is 0. The van der Waals surface area contributed by atoms with E-state index in [-0.39, 0.29) is 11.8 Å². The van der Waals surface area contributed by atoms with Crippen LogP contribution in [0.3, 0.4) is 0 Å². The molecule has 0 unspecified atom stereocenters. The summed E-state index contributed by atoms with van der Waals surface area (Å²) in [5.41, 5.74) is 5.00. The van der Waals surface area contributed by atoms with Gasteiger partial charge in [-0.3, -0.25) is 9.59 Å². The highest BCUT2D eigenvalue weighted by atomic mass is 32.1. The van der Waals surface area contributed by atoms with Gasteiger partial charge in [0.1, 0.15) is 0 Å². The van der Waals surface area contributed by atoms with Crippen LogP contribution >= 0.6 is 22.7 Å². The van der Waals surface area contributed by atoms with Crippen LogP contribution in [0.15, 0.2) is 17.5 Å². The van der Waals surface area contributed by atoms with Gasteiger partial charge in [-0.15, -0.1) is 22.7 Å². The van der Waals surface area contributed by atoms with E-state index in [1.54, 1.807) is 30.1 Å². The van der Waals surface area contributed by atoms with Crippen LogP contribution in [0.1, 0.15) is 23.5 Å². The second-order valence-electron chi connectivity index (χ2n) is 6.07. The van der Waals surface area contributed by atoms with Crippen LogP contribution in [-0.4, -0.2) is 53.3 Å². The van der Waals surface area contributed by atoms with Crippen LogP contribution in [0.25, 0.3) is 9.40 Å². The lowest BCUT2D eigenvalue weighted by Gasteiger charge is -2.37. The Hall–Kier alpha value is -1.44. The van der Waals surface area contributed by atoms with Crippen LogP contribution in [0, 0.1) is 0 Å². The lowest BCUT2D eigenvalue weighted by molar-refractivity contribution is -0.137. The summed E-state index contributed by atoms with van der Waals surface area (Å²) >= 11 is 3.19. The van der Waals surface area contributed by atoms with Gasteiger partial charge < -0.3 is 15.5 Å². The van der Waals surface area contributed by atoms with Crippen molar-refractivity contribution in [3.63, 3.8) is 0 Å². The number of carbonyl (C=O) groups is 2. The maximum atomic E-state index is 12.6. The molecule has 1 aliphatic rings. The Morgan fingerprint density at radius 2 is 1.77 bits per heavy atom. The minimum Gasteiger partial charge on any atom is -0.338 e. The van der Waals surface area contributed by atoms with Gasteiger partial charge in [-0.1, -0.05) is 0 Å². The Balaban J connectivity index is 1.65. The molecular formula is C15H19N3O2S2. The smallest absolute Gasteiger partial charge is 0.264 e. The highest BCUT2D eigenvalue weighted by molar-refractivity contribution is 7.27. The number of hydrogen-bond donors (Lipinski definition) is 1. The molecule has 0 aliphatic carbocycles. The fourth-order valence-corrected chi connectivity index (χ4v) is 4.62. The summed E-state index contributed by atoms with van der Waals surface area (Å²) in [6.45, 7) is 5.64. The van der Waals surface area contributed by atoms with E-state index < -0.39 is 5.54 Å². The van der Waals surface area contributed by atoms with Crippen LogP contribution in [0.2, 0.25) is 0 Å². The lowest BCUT2D eigenvalue weighted by atomic mass is 10.0. The molecule has 0 atom stereocenters. The minimum atomic E-state index is -0.857. The number of nitrogens with two attached hydrogens (primary N) is 1. The molecule has 0 aromatic carbocycles. The second-order valence-corrected chi connectivity index (χ2v) is 8.10. The topological polar surface area (TPSA) is 66.6 Å². The predicted octanol–water partition coefficient (Wildman–Crippen LogP) is 1.98. The molecule has 2 aromatic rings. The molecule has 7 heteroatoms. The molecule has 0 spiro atoms. The summed E-state index contributed by atoms with van der Waals surface area (Å²) in [5, 5.41) is 2.04. The zero-order chi connectivity index (χ0) is 15.9. The molecule has 0 saturated carbocycles. The highest BCUT2D eigenvalue weighted by Crippen LogP contribution is 2.30. The van der Waals surface area contributed by atoms with E-state index in [2.05, 4.69) is 0 Å². The SMILES string of the molecule is CC(C)(N)C(=O)N1CCN(C(=O)c2cc3sccc3s2)CC1. The first-order valence-corrected chi connectivity index (χ1v) is 8.90. The molecule has 2 aromatic heterocycles. The molecular weight excluding hydrogens is 318 g/mol. The first kappa shape index (κ1) is 15.5. The third-order valence-electron chi connectivity index (χ3n) is 3.76. The molecule has 0 radical (unpaired) electrons. The zero-order valence-corrected chi connectivity index (χ0v) is 14.3. The van der Waals surface area contributed by atoms with E-state index in [1.165, 1.54) is 11.3 Å². The third-order valence-corrected chi connectivity index (χ3v) is 5.84. The summed E-state index contributed by atoms with van der Waals surface area (Å²) in [4.78, 5) is 29.1. The number of piperazine rings is 1. The summed E-state index contributed by atoms with van der Waals surface area (Å²) in [5.74, 6) is 0.00347. The number of hydrogen-bond acceptors (Lipinski definition) is 5. The summed E-state index contributed by atoms with van der Waals surface area (Å²) in [6, 6.07) is 4.01. The summed E-state index contributed by atoms with van der Waals surface area (Å²) < 4.78 is 2.32. The Kier molecular flexibility index (Phi) is 3.96. The van der Waals surface area contributed by atoms with Crippen LogP contribution in [0.4, 0.5) is 0 Å². The van der Waals surface area contributed by atoms with Crippen molar-refractivity contribution in [3.8, 4) is 0 Å². The average Bonchev–Trinajstić information content (AvgIpc) is 3.06. The van der Waals surface area contributed by atoms with Crippen molar-refractivity contribution in [2.75, 3.05) is 26.2 Å². The van der Waals surface area contributed by atoms with Gasteiger partial charge in [-0.25, -0.2) is 0 Å². The molecule has 0 bridgehead atoms. The number of fused-ring (bicyclic) bond motifs is 1. The average molecular weight is 337 g/mol. The van der Waals surface area contributed by atoms with E-state index in [4.69, 9.17) is 5.73 Å². The van der Waals surface area contributed by atoms with Crippen molar-refractivity contribution in [2.24, 2.45) is 5.73 Å². The predicted molar refractivity (Wildman–Crippen MR) is 90.5 cm³/mol. The van der Waals surface area contributed by atoms with Crippen molar-refractivity contribution < 1.29 is 9.59 Å². The molecule has 1 aliphatic heterocycles. The molecule has 22 heavy (non-hydrogen) atoms. The third kappa shape index (κ3) is 2.88. The standard InChI is InChI=1S/C15H19N3O2S2/c1-15(2,16)14(20)18-6-4-17(5-7-18)13(19)12-9-11-10(22-12)3-8-21-11/h3,8-9H,4-7,16H2,1-2H3. The number of amides is 2. The van der Waals surface area contributed by atoms with Gasteiger partial charge in [-0.2, -0.15) is 0 Å². The van der Waals surface area contributed by atoms with Gasteiger partial charge in [0.05, 0.1) is 10.4 Å². The van der Waals surface area contributed by atoms with Gasteiger partial charge in [0.15, 0.2) is 0 Å². The van der Waals surface area contributed by atoms with Gasteiger partial charge >= 0.3 is 0 Å². The first-order valence-electron chi connectivity index (χ1n) is 7.21. The molecule has 1 saturated heterocycles. The van der Waals surface area contributed by atoms with Crippen molar-refractivity contribution in [2.45, 2.75) is 19.4 Å². The Labute approximate surface area is 137 Å². The Morgan fingerprint density at radius 3 is 2.36 bits per heavy atom. The molecule has 2 amide bonds. The normalized spacial score (nSPS) is 16.3. The van der Waals surface area contributed by atoms with Gasteiger partial charge in [-0.05, 0) is 31.4 Å². The molecule has 1 fully saturated rings. The number of nitrogens with zero attached hydrogens (tertiary/aromatic N) is 2. The van der Waals surface area contributed by atoms with Gasteiger partial charge in [0.2, 0.25) is 5.91 Å². The fourth-order valence-electron chi connectivity index (χ4n) is 2.55. The maximum Gasteiger partial charge on any atom is 0.264 e. The van der Waals surface area contributed by atoms with Crippen molar-refractivity contribution in [1.82, 2.24) is 9.80 Å². The molecule has 2 N–H and O–H groups in total. The Morgan fingerprint density at radius 1 is 1.14 bits per heavy atom. The number of thiophene rings is 2. The van der Waals surface area contributed by atoms with Gasteiger partial charge in [0.25, 0.3) is 5.91 Å². The monoisotopic (exact) mass is 337 g/mol. The molecule has 118 valence electrons. The molecule has 3 rings (SSSR count). The van der Waals surface area contributed by atoms with E-state index in [0.717, 1.165) is 14.3 Å². The quantitative estimate of drug-likeness (QED) is 0.911. The van der Waals surface area contributed by atoms with Crippen molar-refractivity contribution in [1.29, 1.82) is 0 Å². The van der Waals surface area contributed by atoms with E-state index in [1.807, 2.05) is 22.4 Å². The molecule has 5 nitrogen and oxygen atoms in total. The maximum absolute atomic E-state index is 12.6. The summed E-state index contributed by atoms with van der Waals surface area (Å²) in [7, 11) is 0. The van der Waals surface area contributed by atoms with Crippen molar-refractivity contribution in [3.05, 3.63) is 22.4 Å². The number of rotatable bonds is 2.